The molecule has 1 heterocycles. The van der Waals surface area contributed by atoms with Crippen LogP contribution in [0.3, 0.4) is 0 Å². The molecule has 1 aliphatic rings. The van der Waals surface area contributed by atoms with Crippen molar-refractivity contribution in [1.82, 2.24) is 4.31 Å². The zero-order valence-electron chi connectivity index (χ0n) is 18.5. The molecule has 3 rings (SSSR count). The number of amides is 1. The van der Waals surface area contributed by atoms with Crippen LogP contribution in [0.25, 0.3) is 0 Å². The number of nitrogens with zero attached hydrogens (tertiary/aromatic N) is 1. The first-order valence-corrected chi connectivity index (χ1v) is 12.0. The van der Waals surface area contributed by atoms with E-state index in [0.29, 0.717) is 12.2 Å². The highest BCUT2D eigenvalue weighted by molar-refractivity contribution is 7.92. The Hall–Kier alpha value is -3.49. The van der Waals surface area contributed by atoms with E-state index in [1.54, 1.807) is 24.3 Å². The molecule has 186 valence electrons. The van der Waals surface area contributed by atoms with Crippen LogP contribution in [0.4, 0.5) is 18.9 Å². The Bertz CT molecular complexity index is 1190. The SMILES string of the molecule is C#CCOc1ccc([C@H]2C[C@H](C(=O)Nc3ccc(OC(F)(F)F)cc3)CN(S(=O)(=O)C=C)C2)cc1. The molecule has 0 spiro atoms. The van der Waals surface area contributed by atoms with Crippen molar-refractivity contribution in [3.05, 3.63) is 66.1 Å². The predicted molar refractivity (Wildman–Crippen MR) is 124 cm³/mol. The molecule has 1 N–H and O–H groups in total. The molecule has 0 aliphatic carbocycles. The fraction of sp³-hybridized carbons (Fsp3) is 0.292. The van der Waals surface area contributed by atoms with Crippen LogP contribution in [0, 0.1) is 18.3 Å². The van der Waals surface area contributed by atoms with Gasteiger partial charge in [0.25, 0.3) is 0 Å². The molecule has 2 aromatic rings. The first-order chi connectivity index (χ1) is 16.5. The molecule has 1 fully saturated rings. The third-order valence-electron chi connectivity index (χ3n) is 5.39. The van der Waals surface area contributed by atoms with Gasteiger partial charge >= 0.3 is 6.36 Å². The van der Waals surface area contributed by atoms with E-state index in [-0.39, 0.29) is 31.3 Å². The summed E-state index contributed by atoms with van der Waals surface area (Å²) >= 11 is 0. The van der Waals surface area contributed by atoms with Gasteiger partial charge in [-0.25, -0.2) is 8.42 Å². The van der Waals surface area contributed by atoms with Crippen LogP contribution in [-0.4, -0.2) is 44.7 Å². The molecule has 0 unspecified atom stereocenters. The summed E-state index contributed by atoms with van der Waals surface area (Å²) in [6, 6.07) is 11.7. The van der Waals surface area contributed by atoms with Gasteiger partial charge in [0.15, 0.2) is 0 Å². The molecule has 1 saturated heterocycles. The molecule has 7 nitrogen and oxygen atoms in total. The van der Waals surface area contributed by atoms with Gasteiger partial charge in [0, 0.05) is 24.2 Å². The zero-order valence-corrected chi connectivity index (χ0v) is 19.3. The Labute approximate surface area is 201 Å². The van der Waals surface area contributed by atoms with Gasteiger partial charge in [0.2, 0.25) is 15.9 Å². The predicted octanol–water partition coefficient (Wildman–Crippen LogP) is 4.11. The van der Waals surface area contributed by atoms with Gasteiger partial charge in [0.1, 0.15) is 18.1 Å². The molecule has 1 amide bonds. The summed E-state index contributed by atoms with van der Waals surface area (Å²) in [6.45, 7) is 3.57. The van der Waals surface area contributed by atoms with E-state index < -0.39 is 34.0 Å². The van der Waals surface area contributed by atoms with Crippen LogP contribution in [-0.2, 0) is 14.8 Å². The summed E-state index contributed by atoms with van der Waals surface area (Å²) in [6.07, 6.45) is 0.718. The van der Waals surface area contributed by atoms with E-state index in [1.165, 1.54) is 16.4 Å². The van der Waals surface area contributed by atoms with Crippen molar-refractivity contribution in [2.45, 2.75) is 18.7 Å². The quantitative estimate of drug-likeness (QED) is 0.543. The number of nitrogens with one attached hydrogen (secondary N) is 1. The van der Waals surface area contributed by atoms with E-state index in [9.17, 15) is 26.4 Å². The number of carbonyl (C=O) groups excluding carboxylic acids is 1. The van der Waals surface area contributed by atoms with Crippen LogP contribution in [0.1, 0.15) is 17.9 Å². The number of halogens is 3. The van der Waals surface area contributed by atoms with Crippen LogP contribution < -0.4 is 14.8 Å². The first-order valence-electron chi connectivity index (χ1n) is 10.5. The number of anilines is 1. The molecule has 35 heavy (non-hydrogen) atoms. The van der Waals surface area contributed by atoms with Gasteiger partial charge in [-0.05, 0) is 54.3 Å². The lowest BCUT2D eigenvalue weighted by molar-refractivity contribution is -0.274. The highest BCUT2D eigenvalue weighted by Crippen LogP contribution is 2.34. The maximum absolute atomic E-state index is 13.0. The Morgan fingerprint density at radius 2 is 1.77 bits per heavy atom. The third-order valence-corrected chi connectivity index (χ3v) is 6.83. The number of carbonyl (C=O) groups is 1. The van der Waals surface area contributed by atoms with Crippen molar-refractivity contribution in [3.8, 4) is 23.8 Å². The van der Waals surface area contributed by atoms with Crippen molar-refractivity contribution in [3.63, 3.8) is 0 Å². The summed E-state index contributed by atoms with van der Waals surface area (Å²) in [4.78, 5) is 13.0. The fourth-order valence-corrected chi connectivity index (χ4v) is 4.74. The summed E-state index contributed by atoms with van der Waals surface area (Å²) in [5, 5.41) is 3.47. The number of rotatable bonds is 8. The molecule has 2 atom stereocenters. The average Bonchev–Trinajstić information content (AvgIpc) is 2.83. The van der Waals surface area contributed by atoms with Crippen LogP contribution in [0.2, 0.25) is 0 Å². The standard InChI is InChI=1S/C24H23F3N2O5S/c1-3-13-33-21-9-5-17(6-10-21)18-14-19(16-29(15-18)35(31,32)4-2)23(30)28-20-7-11-22(12-8-20)34-24(25,26)27/h1,4-12,18-19H,2,13-16H2,(H,28,30)/t18-,19-/m0/s1. The van der Waals surface area contributed by atoms with Gasteiger partial charge in [-0.2, -0.15) is 4.31 Å². The van der Waals surface area contributed by atoms with Gasteiger partial charge in [0.05, 0.1) is 5.92 Å². The summed E-state index contributed by atoms with van der Waals surface area (Å²) in [7, 11) is -3.80. The summed E-state index contributed by atoms with van der Waals surface area (Å²) in [5.74, 6) is 1.03. The maximum Gasteiger partial charge on any atom is 0.573 e. The smallest absolute Gasteiger partial charge is 0.481 e. The van der Waals surface area contributed by atoms with Crippen LogP contribution in [0.15, 0.2) is 60.5 Å². The Balaban J connectivity index is 1.76. The second-order valence-corrected chi connectivity index (χ2v) is 9.66. The lowest BCUT2D eigenvalue weighted by Crippen LogP contribution is -2.46. The van der Waals surface area contributed by atoms with E-state index in [2.05, 4.69) is 22.6 Å². The maximum atomic E-state index is 13.0. The normalized spacial score (nSPS) is 18.8. The zero-order chi connectivity index (χ0) is 25.6. The summed E-state index contributed by atoms with van der Waals surface area (Å²) in [5.41, 5.74) is 1.06. The molecule has 0 saturated carbocycles. The van der Waals surface area contributed by atoms with Gasteiger partial charge in [-0.15, -0.1) is 19.6 Å². The Kier molecular flexibility index (Phi) is 8.09. The highest BCUT2D eigenvalue weighted by atomic mass is 32.2. The lowest BCUT2D eigenvalue weighted by Gasteiger charge is -2.36. The van der Waals surface area contributed by atoms with E-state index in [1.807, 2.05) is 0 Å². The van der Waals surface area contributed by atoms with Gasteiger partial charge in [-0.1, -0.05) is 24.6 Å². The number of sulfonamides is 1. The molecule has 1 aliphatic heterocycles. The second kappa shape index (κ2) is 10.8. The highest BCUT2D eigenvalue weighted by Gasteiger charge is 2.37. The van der Waals surface area contributed by atoms with Gasteiger partial charge < -0.3 is 14.8 Å². The van der Waals surface area contributed by atoms with Crippen molar-refractivity contribution < 1.29 is 35.9 Å². The average molecular weight is 509 g/mol. The van der Waals surface area contributed by atoms with E-state index in [4.69, 9.17) is 11.2 Å². The van der Waals surface area contributed by atoms with Crippen LogP contribution in [0.5, 0.6) is 11.5 Å². The molecular weight excluding hydrogens is 485 g/mol. The monoisotopic (exact) mass is 508 g/mol. The Morgan fingerprint density at radius 3 is 2.34 bits per heavy atom. The van der Waals surface area contributed by atoms with Crippen molar-refractivity contribution >= 4 is 21.6 Å². The number of hydrogen-bond donors (Lipinski definition) is 1. The van der Waals surface area contributed by atoms with Crippen LogP contribution >= 0.6 is 0 Å². The molecule has 0 aromatic heterocycles. The molecule has 11 heteroatoms. The van der Waals surface area contributed by atoms with Crippen molar-refractivity contribution in [1.29, 1.82) is 0 Å². The summed E-state index contributed by atoms with van der Waals surface area (Å²) < 4.78 is 72.4. The molecular formula is C24H23F3N2O5S. The Morgan fingerprint density at radius 1 is 1.14 bits per heavy atom. The fourth-order valence-electron chi connectivity index (χ4n) is 3.75. The second-order valence-electron chi connectivity index (χ2n) is 7.78. The van der Waals surface area contributed by atoms with E-state index in [0.717, 1.165) is 23.1 Å². The minimum absolute atomic E-state index is 0.0602. The molecule has 2 aromatic carbocycles. The van der Waals surface area contributed by atoms with Crippen molar-refractivity contribution in [2.24, 2.45) is 5.92 Å². The van der Waals surface area contributed by atoms with Crippen molar-refractivity contribution in [2.75, 3.05) is 25.0 Å². The first kappa shape index (κ1) is 26.1. The number of hydrogen-bond acceptors (Lipinski definition) is 5. The number of terminal acetylenes is 1. The number of benzene rings is 2. The number of alkyl halides is 3. The number of ether oxygens (including phenoxy) is 2. The van der Waals surface area contributed by atoms with Gasteiger partial charge in [-0.3, -0.25) is 4.79 Å². The molecule has 0 bridgehead atoms. The third kappa shape index (κ3) is 7.24. The minimum atomic E-state index is -4.83. The number of piperidine rings is 1. The molecule has 0 radical (unpaired) electrons. The van der Waals surface area contributed by atoms with E-state index >= 15 is 0 Å². The largest absolute Gasteiger partial charge is 0.573 e. The lowest BCUT2D eigenvalue weighted by atomic mass is 9.85. The minimum Gasteiger partial charge on any atom is -0.481 e. The topological polar surface area (TPSA) is 84.9 Å².